The standard InChI is InChI=1S/C17H25F2NO/c1-12(20-14-5-4-10-17(2,3)11-14)13-6-8-15(9-7-13)21-16(18)19/h6-9,12,14,16,20H,4-5,10-11H2,1-3H3. The van der Waals surface area contributed by atoms with E-state index >= 15 is 0 Å². The van der Waals surface area contributed by atoms with Gasteiger partial charge in [-0.1, -0.05) is 32.4 Å². The van der Waals surface area contributed by atoms with Gasteiger partial charge in [0.1, 0.15) is 5.75 Å². The monoisotopic (exact) mass is 297 g/mol. The first-order valence-electron chi connectivity index (χ1n) is 7.66. The molecular weight excluding hydrogens is 272 g/mol. The molecule has 2 unspecified atom stereocenters. The minimum atomic E-state index is -2.77. The van der Waals surface area contributed by atoms with Gasteiger partial charge in [-0.3, -0.25) is 0 Å². The summed E-state index contributed by atoms with van der Waals surface area (Å²) < 4.78 is 28.6. The topological polar surface area (TPSA) is 21.3 Å². The lowest BCUT2D eigenvalue weighted by Gasteiger charge is -2.37. The van der Waals surface area contributed by atoms with Crippen LogP contribution in [0.4, 0.5) is 8.78 Å². The van der Waals surface area contributed by atoms with Gasteiger partial charge in [0.15, 0.2) is 0 Å². The number of benzene rings is 1. The second kappa shape index (κ2) is 6.73. The summed E-state index contributed by atoms with van der Waals surface area (Å²) in [5.74, 6) is 0.208. The van der Waals surface area contributed by atoms with Crippen molar-refractivity contribution in [2.45, 2.75) is 65.1 Å². The van der Waals surface area contributed by atoms with E-state index in [0.29, 0.717) is 11.5 Å². The fourth-order valence-electron chi connectivity index (χ4n) is 3.23. The third-order valence-corrected chi connectivity index (χ3v) is 4.30. The Bertz CT molecular complexity index is 445. The molecule has 1 N–H and O–H groups in total. The van der Waals surface area contributed by atoms with Crippen molar-refractivity contribution in [2.24, 2.45) is 5.41 Å². The SMILES string of the molecule is CC(NC1CCCC(C)(C)C1)c1ccc(OC(F)F)cc1. The molecule has 2 atom stereocenters. The van der Waals surface area contributed by atoms with Gasteiger partial charge < -0.3 is 10.1 Å². The molecule has 1 aliphatic carbocycles. The van der Waals surface area contributed by atoms with E-state index in [0.717, 1.165) is 5.56 Å². The average Bonchev–Trinajstić information content (AvgIpc) is 2.37. The molecule has 0 radical (unpaired) electrons. The lowest BCUT2D eigenvalue weighted by atomic mass is 9.75. The zero-order valence-electron chi connectivity index (χ0n) is 13.0. The predicted molar refractivity (Wildman–Crippen MR) is 80.7 cm³/mol. The molecule has 2 rings (SSSR count). The summed E-state index contributed by atoms with van der Waals surface area (Å²) in [6, 6.07) is 7.65. The van der Waals surface area contributed by atoms with Crippen LogP contribution in [-0.2, 0) is 0 Å². The highest BCUT2D eigenvalue weighted by atomic mass is 19.3. The van der Waals surface area contributed by atoms with Crippen molar-refractivity contribution in [3.8, 4) is 5.75 Å². The highest BCUT2D eigenvalue weighted by Gasteiger charge is 2.28. The molecule has 0 bridgehead atoms. The van der Waals surface area contributed by atoms with Gasteiger partial charge in [0, 0.05) is 12.1 Å². The largest absolute Gasteiger partial charge is 0.435 e. The maximum absolute atomic E-state index is 12.1. The molecule has 0 heterocycles. The van der Waals surface area contributed by atoms with Crippen molar-refractivity contribution < 1.29 is 13.5 Å². The van der Waals surface area contributed by atoms with Crippen LogP contribution in [0.25, 0.3) is 0 Å². The van der Waals surface area contributed by atoms with Gasteiger partial charge in [-0.25, -0.2) is 0 Å². The van der Waals surface area contributed by atoms with E-state index < -0.39 is 6.61 Å². The molecule has 1 aliphatic rings. The van der Waals surface area contributed by atoms with Crippen LogP contribution in [0.15, 0.2) is 24.3 Å². The van der Waals surface area contributed by atoms with Crippen molar-refractivity contribution in [1.82, 2.24) is 5.32 Å². The van der Waals surface area contributed by atoms with Crippen LogP contribution in [0.1, 0.15) is 58.1 Å². The number of alkyl halides is 2. The Kier molecular flexibility index (Phi) is 5.20. The fraction of sp³-hybridized carbons (Fsp3) is 0.647. The van der Waals surface area contributed by atoms with Gasteiger partial charge in [0.25, 0.3) is 0 Å². The molecule has 1 fully saturated rings. The molecule has 2 nitrogen and oxygen atoms in total. The highest BCUT2D eigenvalue weighted by molar-refractivity contribution is 5.29. The van der Waals surface area contributed by atoms with Gasteiger partial charge in [-0.05, 0) is 49.3 Å². The van der Waals surface area contributed by atoms with E-state index in [-0.39, 0.29) is 11.8 Å². The summed E-state index contributed by atoms with van der Waals surface area (Å²) in [6.45, 7) is 3.99. The number of halogens is 2. The zero-order valence-corrected chi connectivity index (χ0v) is 13.0. The lowest BCUT2D eigenvalue weighted by molar-refractivity contribution is -0.0498. The Balaban J connectivity index is 1.92. The highest BCUT2D eigenvalue weighted by Crippen LogP contribution is 2.36. The first kappa shape index (κ1) is 16.2. The van der Waals surface area contributed by atoms with Crippen molar-refractivity contribution in [1.29, 1.82) is 0 Å². The number of nitrogens with one attached hydrogen (secondary N) is 1. The summed E-state index contributed by atoms with van der Waals surface area (Å²) in [6.07, 6.45) is 4.95. The summed E-state index contributed by atoms with van der Waals surface area (Å²) in [5.41, 5.74) is 1.50. The van der Waals surface area contributed by atoms with E-state index in [1.165, 1.54) is 25.7 Å². The van der Waals surface area contributed by atoms with Crippen LogP contribution in [-0.4, -0.2) is 12.7 Å². The molecule has 1 saturated carbocycles. The van der Waals surface area contributed by atoms with E-state index in [9.17, 15) is 8.78 Å². The average molecular weight is 297 g/mol. The van der Waals surface area contributed by atoms with Crippen molar-refractivity contribution in [3.63, 3.8) is 0 Å². The van der Waals surface area contributed by atoms with Gasteiger partial charge >= 0.3 is 6.61 Å². The third kappa shape index (κ3) is 4.95. The summed E-state index contributed by atoms with van der Waals surface area (Å²) >= 11 is 0. The molecule has 0 aliphatic heterocycles. The smallest absolute Gasteiger partial charge is 0.387 e. The van der Waals surface area contributed by atoms with Gasteiger partial charge in [-0.15, -0.1) is 0 Å². The molecule has 0 aromatic heterocycles. The minimum absolute atomic E-state index is 0.208. The van der Waals surface area contributed by atoms with Crippen molar-refractivity contribution >= 4 is 0 Å². The maximum atomic E-state index is 12.1. The van der Waals surface area contributed by atoms with E-state index in [2.05, 4.69) is 30.8 Å². The van der Waals surface area contributed by atoms with Crippen LogP contribution in [0.5, 0.6) is 5.75 Å². The Morgan fingerprint density at radius 3 is 2.48 bits per heavy atom. The second-order valence-corrected chi connectivity index (χ2v) is 6.79. The fourth-order valence-corrected chi connectivity index (χ4v) is 3.23. The molecule has 1 aromatic rings. The molecule has 21 heavy (non-hydrogen) atoms. The summed E-state index contributed by atoms with van der Waals surface area (Å²) in [7, 11) is 0. The second-order valence-electron chi connectivity index (χ2n) is 6.79. The zero-order chi connectivity index (χ0) is 15.5. The van der Waals surface area contributed by atoms with E-state index in [1.54, 1.807) is 12.1 Å². The van der Waals surface area contributed by atoms with Crippen LogP contribution >= 0.6 is 0 Å². The number of rotatable bonds is 5. The normalized spacial score (nSPS) is 23.0. The van der Waals surface area contributed by atoms with Crippen molar-refractivity contribution in [3.05, 3.63) is 29.8 Å². The third-order valence-electron chi connectivity index (χ3n) is 4.30. The Labute approximate surface area is 125 Å². The Morgan fingerprint density at radius 2 is 1.90 bits per heavy atom. The Hall–Kier alpha value is -1.16. The van der Waals surface area contributed by atoms with E-state index in [1.807, 2.05) is 12.1 Å². The van der Waals surface area contributed by atoms with Gasteiger partial charge in [-0.2, -0.15) is 8.78 Å². The van der Waals surface area contributed by atoms with Crippen LogP contribution in [0.2, 0.25) is 0 Å². The maximum Gasteiger partial charge on any atom is 0.387 e. The molecule has 0 amide bonds. The predicted octanol–water partition coefficient (Wildman–Crippen LogP) is 4.91. The number of hydrogen-bond donors (Lipinski definition) is 1. The number of hydrogen-bond acceptors (Lipinski definition) is 2. The number of ether oxygens (including phenoxy) is 1. The van der Waals surface area contributed by atoms with Crippen LogP contribution in [0.3, 0.4) is 0 Å². The van der Waals surface area contributed by atoms with Crippen LogP contribution < -0.4 is 10.1 Å². The van der Waals surface area contributed by atoms with Gasteiger partial charge in [0.2, 0.25) is 0 Å². The summed E-state index contributed by atoms with van der Waals surface area (Å²) in [4.78, 5) is 0. The van der Waals surface area contributed by atoms with Gasteiger partial charge in [0.05, 0.1) is 0 Å². The quantitative estimate of drug-likeness (QED) is 0.834. The molecule has 1 aromatic carbocycles. The molecular formula is C17H25F2NO. The van der Waals surface area contributed by atoms with E-state index in [4.69, 9.17) is 0 Å². The molecule has 4 heteroatoms. The molecule has 0 spiro atoms. The molecule has 118 valence electrons. The van der Waals surface area contributed by atoms with Crippen molar-refractivity contribution in [2.75, 3.05) is 0 Å². The summed E-state index contributed by atoms with van der Waals surface area (Å²) in [5, 5.41) is 3.66. The lowest BCUT2D eigenvalue weighted by Crippen LogP contribution is -2.38. The Morgan fingerprint density at radius 1 is 1.24 bits per heavy atom. The first-order valence-corrected chi connectivity index (χ1v) is 7.66. The van der Waals surface area contributed by atoms with Crippen LogP contribution in [0, 0.1) is 5.41 Å². The molecule has 0 saturated heterocycles. The first-order chi connectivity index (χ1) is 9.85. The minimum Gasteiger partial charge on any atom is -0.435 e.